The summed E-state index contributed by atoms with van der Waals surface area (Å²) in [5, 5.41) is 2.61. The van der Waals surface area contributed by atoms with Crippen molar-refractivity contribution in [3.8, 4) is 0 Å². The molecule has 2 aliphatic rings. The zero-order valence-electron chi connectivity index (χ0n) is 27.3. The molecule has 2 heterocycles. The molecular formula is C40H38N2O3S3. The van der Waals surface area contributed by atoms with Crippen molar-refractivity contribution in [1.29, 1.82) is 0 Å². The predicted octanol–water partition coefficient (Wildman–Crippen LogP) is 9.77. The Morgan fingerprint density at radius 3 is 2.27 bits per heavy atom. The van der Waals surface area contributed by atoms with Gasteiger partial charge in [-0.15, -0.1) is 0 Å². The Labute approximate surface area is 292 Å². The smallest absolute Gasteiger partial charge is 0.262 e. The van der Waals surface area contributed by atoms with E-state index in [1.54, 1.807) is 12.1 Å². The summed E-state index contributed by atoms with van der Waals surface area (Å²) < 4.78 is 34.9. The first-order chi connectivity index (χ1) is 23.3. The first kappa shape index (κ1) is 33.7. The molecule has 7 rings (SSSR count). The van der Waals surface area contributed by atoms with Crippen LogP contribution in [0.1, 0.15) is 42.8 Å². The van der Waals surface area contributed by atoms with E-state index in [0.29, 0.717) is 0 Å². The minimum Gasteiger partial charge on any atom is -0.744 e. The molecule has 0 radical (unpaired) electrons. The van der Waals surface area contributed by atoms with Gasteiger partial charge in [0.2, 0.25) is 5.52 Å². The molecule has 48 heavy (non-hydrogen) atoms. The number of para-hydroxylation sites is 2. The Morgan fingerprint density at radius 2 is 1.54 bits per heavy atom. The highest BCUT2D eigenvalue weighted by Gasteiger charge is 2.24. The number of benzene rings is 4. The summed E-state index contributed by atoms with van der Waals surface area (Å²) in [6, 6.07) is 34.1. The average molecular weight is 691 g/mol. The number of nitrogens with zero attached hydrogens (tertiary/aromatic N) is 2. The van der Waals surface area contributed by atoms with Gasteiger partial charge in [0.1, 0.15) is 21.4 Å². The standard InChI is InChI=1S/C33H31N2S2.C7H8O3S/c1-3-34-27-14-8-10-16-29(27)36-31(34)22-20-25-18-19-26(33(25)24-12-6-5-7-13-24)21-23-32-35(4-2)28-15-9-11-17-30(28)37-32;1-6-2-4-7(5-3-6)11(8,9)10/h5-17,20-23H,3-4,18-19H2,1-2H3;2-5H,1H3,(H,8,9,10)/q+1;/p-1. The molecule has 5 nitrogen and oxygen atoms in total. The van der Waals surface area contributed by atoms with E-state index >= 15 is 0 Å². The molecule has 0 spiro atoms. The van der Waals surface area contributed by atoms with Gasteiger partial charge in [0.25, 0.3) is 5.01 Å². The van der Waals surface area contributed by atoms with E-state index in [4.69, 9.17) is 0 Å². The maximum atomic E-state index is 10.4. The number of aromatic nitrogens is 1. The lowest BCUT2D eigenvalue weighted by atomic mass is 9.98. The van der Waals surface area contributed by atoms with Crippen LogP contribution in [0.4, 0.5) is 5.69 Å². The maximum absolute atomic E-state index is 10.4. The summed E-state index contributed by atoms with van der Waals surface area (Å²) in [6.45, 7) is 8.23. The number of thioether (sulfide) groups is 1. The molecule has 0 saturated heterocycles. The van der Waals surface area contributed by atoms with E-state index in [1.165, 1.54) is 65.3 Å². The van der Waals surface area contributed by atoms with Crippen molar-refractivity contribution in [3.63, 3.8) is 0 Å². The Balaban J connectivity index is 0.000000312. The first-order valence-electron chi connectivity index (χ1n) is 16.1. The Bertz CT molecular complexity index is 2160. The normalized spacial score (nSPS) is 16.3. The number of hydrogen-bond acceptors (Lipinski definition) is 6. The summed E-state index contributed by atoms with van der Waals surface area (Å²) in [5.41, 5.74) is 9.11. The Hall–Kier alpha value is -4.21. The molecule has 5 aromatic rings. The fraction of sp³-hybridized carbons (Fsp3) is 0.175. The highest BCUT2D eigenvalue weighted by atomic mass is 32.2. The summed E-state index contributed by atoms with van der Waals surface area (Å²) >= 11 is 3.75. The number of hydrogen-bond donors (Lipinski definition) is 0. The summed E-state index contributed by atoms with van der Waals surface area (Å²) in [7, 11) is -4.27. The fourth-order valence-corrected chi connectivity index (χ4v) is 8.82. The van der Waals surface area contributed by atoms with Gasteiger partial charge in [0, 0.05) is 23.6 Å². The van der Waals surface area contributed by atoms with Crippen LogP contribution in [0, 0.1) is 6.92 Å². The van der Waals surface area contributed by atoms with Crippen molar-refractivity contribution in [2.24, 2.45) is 0 Å². The number of thiazole rings is 1. The molecule has 0 saturated carbocycles. The molecule has 1 aliphatic carbocycles. The lowest BCUT2D eigenvalue weighted by Crippen LogP contribution is -2.33. The van der Waals surface area contributed by atoms with Gasteiger partial charge in [-0.2, -0.15) is 4.57 Å². The summed E-state index contributed by atoms with van der Waals surface area (Å²) in [4.78, 5) is 3.59. The van der Waals surface area contributed by atoms with Gasteiger partial charge in [-0.3, -0.25) is 0 Å². The van der Waals surface area contributed by atoms with Crippen molar-refractivity contribution < 1.29 is 17.5 Å². The van der Waals surface area contributed by atoms with Gasteiger partial charge in [0.05, 0.1) is 15.6 Å². The third kappa shape index (κ3) is 7.42. The van der Waals surface area contributed by atoms with Gasteiger partial charge in [-0.05, 0) is 92.3 Å². The molecule has 244 valence electrons. The van der Waals surface area contributed by atoms with Crippen molar-refractivity contribution in [2.45, 2.75) is 49.9 Å². The van der Waals surface area contributed by atoms with Crippen LogP contribution < -0.4 is 9.47 Å². The zero-order valence-corrected chi connectivity index (χ0v) is 29.7. The molecule has 0 bridgehead atoms. The van der Waals surface area contributed by atoms with Gasteiger partial charge < -0.3 is 9.45 Å². The molecule has 0 amide bonds. The molecule has 0 N–H and O–H groups in total. The molecule has 0 fully saturated rings. The average Bonchev–Trinajstić information content (AvgIpc) is 3.79. The van der Waals surface area contributed by atoms with E-state index in [1.807, 2.05) is 30.0 Å². The lowest BCUT2D eigenvalue weighted by Gasteiger charge is -2.17. The van der Waals surface area contributed by atoms with Crippen LogP contribution >= 0.6 is 23.1 Å². The number of anilines is 1. The molecule has 1 aromatic heterocycles. The third-order valence-corrected chi connectivity index (χ3v) is 11.5. The molecule has 8 heteroatoms. The van der Waals surface area contributed by atoms with Crippen molar-refractivity contribution in [2.75, 3.05) is 11.4 Å². The topological polar surface area (TPSA) is 64.3 Å². The van der Waals surface area contributed by atoms with E-state index in [2.05, 4.69) is 126 Å². The van der Waals surface area contributed by atoms with Crippen molar-refractivity contribution >= 4 is 60.8 Å². The van der Waals surface area contributed by atoms with Gasteiger partial charge in [0.15, 0.2) is 0 Å². The lowest BCUT2D eigenvalue weighted by molar-refractivity contribution is -0.665. The van der Waals surface area contributed by atoms with Gasteiger partial charge in [-0.25, -0.2) is 8.42 Å². The highest BCUT2D eigenvalue weighted by Crippen LogP contribution is 2.46. The molecular weight excluding hydrogens is 653 g/mol. The minimum atomic E-state index is -4.27. The second-order valence-corrected chi connectivity index (χ2v) is 15.0. The monoisotopic (exact) mass is 690 g/mol. The predicted molar refractivity (Wildman–Crippen MR) is 200 cm³/mol. The SMILES string of the molecule is CCN1/C(=C/C=C2\CCC(/C=C/c3sc4ccccc4[n+]3CC)=C2c2ccccc2)Sc2ccccc21.Cc1ccc(S(=O)(=O)[O-])cc1. The van der Waals surface area contributed by atoms with Crippen molar-refractivity contribution in [3.05, 3.63) is 154 Å². The van der Waals surface area contributed by atoms with Gasteiger partial charge >= 0.3 is 0 Å². The fourth-order valence-electron chi connectivity index (χ4n) is 6.09. The van der Waals surface area contributed by atoms with Crippen molar-refractivity contribution in [1.82, 2.24) is 0 Å². The van der Waals surface area contributed by atoms with Gasteiger partial charge in [-0.1, -0.05) is 108 Å². The largest absolute Gasteiger partial charge is 0.744 e. The second kappa shape index (κ2) is 14.9. The van der Waals surface area contributed by atoms with E-state index < -0.39 is 10.1 Å². The van der Waals surface area contributed by atoms with Crippen LogP contribution in [0.15, 0.2) is 147 Å². The molecule has 0 unspecified atom stereocenters. The van der Waals surface area contributed by atoms with E-state index in [-0.39, 0.29) is 4.90 Å². The molecule has 1 aliphatic heterocycles. The zero-order chi connectivity index (χ0) is 33.7. The van der Waals surface area contributed by atoms with Crippen LogP contribution in [-0.2, 0) is 16.7 Å². The summed E-state index contributed by atoms with van der Waals surface area (Å²) in [5.74, 6) is 0. The number of aryl methyl sites for hydroxylation is 2. The van der Waals surface area contributed by atoms with Crippen LogP contribution in [-0.4, -0.2) is 19.5 Å². The molecule has 4 aromatic carbocycles. The van der Waals surface area contributed by atoms with Crippen LogP contribution in [0.3, 0.4) is 0 Å². The van der Waals surface area contributed by atoms with Crippen LogP contribution in [0.5, 0.6) is 0 Å². The summed E-state index contributed by atoms with van der Waals surface area (Å²) in [6.07, 6.45) is 11.5. The quantitative estimate of drug-likeness (QED) is 0.126. The minimum absolute atomic E-state index is 0.178. The van der Waals surface area contributed by atoms with E-state index in [9.17, 15) is 13.0 Å². The van der Waals surface area contributed by atoms with E-state index in [0.717, 1.165) is 31.5 Å². The Morgan fingerprint density at radius 1 is 0.833 bits per heavy atom. The number of rotatable bonds is 7. The van der Waals surface area contributed by atoms with Crippen LogP contribution in [0.2, 0.25) is 0 Å². The first-order valence-corrected chi connectivity index (χ1v) is 19.2. The molecule has 0 atom stereocenters. The maximum Gasteiger partial charge on any atom is 0.262 e. The third-order valence-electron chi connectivity index (χ3n) is 8.44. The number of allylic oxidation sites excluding steroid dienone is 6. The second-order valence-electron chi connectivity index (χ2n) is 11.5. The van der Waals surface area contributed by atoms with Crippen LogP contribution in [0.25, 0.3) is 21.9 Å². The Kier molecular flexibility index (Phi) is 10.5. The highest BCUT2D eigenvalue weighted by molar-refractivity contribution is 8.03. The number of fused-ring (bicyclic) bond motifs is 2.